The summed E-state index contributed by atoms with van der Waals surface area (Å²) in [6.07, 6.45) is 4.12. The number of rotatable bonds is 2. The van der Waals surface area contributed by atoms with Crippen LogP contribution < -0.4 is 5.32 Å². The molecule has 0 aliphatic carbocycles. The average molecular weight is 166 g/mol. The van der Waals surface area contributed by atoms with Crippen LogP contribution in [-0.2, 0) is 4.74 Å². The molecule has 0 fully saturated rings. The predicted octanol–water partition coefficient (Wildman–Crippen LogP) is 1.07. The van der Waals surface area contributed by atoms with Gasteiger partial charge in [0.25, 0.3) is 0 Å². The summed E-state index contributed by atoms with van der Waals surface area (Å²) in [6.45, 7) is 3.82. The topological polar surface area (TPSA) is 33.6 Å². The molecule has 1 unspecified atom stereocenters. The molecule has 2 rings (SSSR count). The number of nitrogens with one attached hydrogen (secondary N) is 1. The quantitative estimate of drug-likeness (QED) is 0.665. The normalized spacial score (nSPS) is 27.2. The van der Waals surface area contributed by atoms with Gasteiger partial charge in [0, 0.05) is 25.8 Å². The minimum absolute atomic E-state index is 0.0775. The molecule has 2 aliphatic rings. The van der Waals surface area contributed by atoms with Crippen LogP contribution in [0.2, 0.25) is 0 Å². The maximum absolute atomic E-state index is 5.43. The maximum Gasteiger partial charge on any atom is 0.152 e. The minimum atomic E-state index is 0.0775. The van der Waals surface area contributed by atoms with Gasteiger partial charge in [-0.15, -0.1) is 0 Å². The molecule has 0 amide bonds. The van der Waals surface area contributed by atoms with Crippen LogP contribution in [0.15, 0.2) is 16.3 Å². The van der Waals surface area contributed by atoms with E-state index in [1.807, 2.05) is 13.1 Å². The Bertz CT molecular complexity index is 233. The average Bonchev–Trinajstić information content (AvgIpc) is 2.51. The number of ether oxygens (including phenoxy) is 1. The molecule has 3 nitrogen and oxygen atoms in total. The van der Waals surface area contributed by atoms with Gasteiger partial charge in [-0.3, -0.25) is 4.99 Å². The van der Waals surface area contributed by atoms with Crippen LogP contribution in [-0.4, -0.2) is 25.6 Å². The van der Waals surface area contributed by atoms with E-state index in [0.29, 0.717) is 0 Å². The van der Waals surface area contributed by atoms with Crippen molar-refractivity contribution in [3.8, 4) is 0 Å². The van der Waals surface area contributed by atoms with Crippen molar-refractivity contribution in [1.29, 1.82) is 0 Å². The Hall–Kier alpha value is -0.830. The summed E-state index contributed by atoms with van der Waals surface area (Å²) >= 11 is 0. The zero-order valence-corrected chi connectivity index (χ0v) is 7.34. The van der Waals surface area contributed by atoms with E-state index in [9.17, 15) is 0 Å². The lowest BCUT2D eigenvalue weighted by atomic mass is 10.1. The third kappa shape index (κ3) is 1.37. The van der Waals surface area contributed by atoms with Crippen molar-refractivity contribution in [2.24, 2.45) is 4.99 Å². The molecular weight excluding hydrogens is 152 g/mol. The highest BCUT2D eigenvalue weighted by Gasteiger charge is 2.20. The summed E-state index contributed by atoms with van der Waals surface area (Å²) in [7, 11) is 0. The molecule has 0 radical (unpaired) electrons. The monoisotopic (exact) mass is 166 g/mol. The van der Waals surface area contributed by atoms with Gasteiger partial charge in [0.2, 0.25) is 0 Å². The lowest BCUT2D eigenvalue weighted by Gasteiger charge is -2.17. The molecule has 66 valence electrons. The molecule has 3 heteroatoms. The number of allylic oxidation sites excluding steroid dienone is 1. The van der Waals surface area contributed by atoms with E-state index in [0.717, 1.165) is 26.0 Å². The van der Waals surface area contributed by atoms with Gasteiger partial charge in [0.1, 0.15) is 0 Å². The number of nitrogens with zero attached hydrogens (tertiary/aromatic N) is 1. The molecule has 2 heterocycles. The van der Waals surface area contributed by atoms with Gasteiger partial charge in [-0.2, -0.15) is 0 Å². The molecule has 1 atom stereocenters. The largest absolute Gasteiger partial charge is 0.384 e. The maximum atomic E-state index is 5.43. The SMILES string of the molecule is CCOC1CC2=C(C=N1)NCC2. The molecule has 0 aromatic carbocycles. The van der Waals surface area contributed by atoms with Gasteiger partial charge < -0.3 is 10.1 Å². The zero-order chi connectivity index (χ0) is 8.39. The van der Waals surface area contributed by atoms with Gasteiger partial charge in [0.15, 0.2) is 6.23 Å². The Morgan fingerprint density at radius 1 is 1.75 bits per heavy atom. The first-order valence-corrected chi connectivity index (χ1v) is 4.51. The Kier molecular flexibility index (Phi) is 2.13. The first-order chi connectivity index (χ1) is 5.90. The fourth-order valence-corrected chi connectivity index (χ4v) is 1.67. The molecule has 1 N–H and O–H groups in total. The van der Waals surface area contributed by atoms with Crippen molar-refractivity contribution >= 4 is 6.21 Å². The van der Waals surface area contributed by atoms with E-state index in [2.05, 4.69) is 10.3 Å². The third-order valence-electron chi connectivity index (χ3n) is 2.27. The molecule has 0 bridgehead atoms. The molecule has 0 saturated carbocycles. The van der Waals surface area contributed by atoms with Crippen LogP contribution in [0.1, 0.15) is 19.8 Å². The second kappa shape index (κ2) is 3.27. The summed E-state index contributed by atoms with van der Waals surface area (Å²) in [6, 6.07) is 0. The van der Waals surface area contributed by atoms with E-state index in [1.54, 1.807) is 0 Å². The molecule has 2 aliphatic heterocycles. The molecular formula is C9H14N2O. The van der Waals surface area contributed by atoms with Crippen LogP contribution in [0.3, 0.4) is 0 Å². The highest BCUT2D eigenvalue weighted by Crippen LogP contribution is 2.23. The smallest absolute Gasteiger partial charge is 0.152 e. The van der Waals surface area contributed by atoms with E-state index in [-0.39, 0.29) is 6.23 Å². The summed E-state index contributed by atoms with van der Waals surface area (Å²) in [4.78, 5) is 4.29. The second-order valence-electron chi connectivity index (χ2n) is 3.09. The predicted molar refractivity (Wildman–Crippen MR) is 48.2 cm³/mol. The Morgan fingerprint density at radius 3 is 3.50 bits per heavy atom. The summed E-state index contributed by atoms with van der Waals surface area (Å²) in [5, 5.41) is 3.30. The lowest BCUT2D eigenvalue weighted by Crippen LogP contribution is -2.17. The Balaban J connectivity index is 2.01. The van der Waals surface area contributed by atoms with Crippen molar-refractivity contribution in [3.63, 3.8) is 0 Å². The standard InChI is InChI=1S/C9H14N2O/c1-2-12-9-5-7-3-4-10-8(7)6-11-9/h6,9-10H,2-5H2,1H3. The van der Waals surface area contributed by atoms with Gasteiger partial charge in [-0.05, 0) is 18.9 Å². The molecule has 0 aromatic rings. The van der Waals surface area contributed by atoms with Gasteiger partial charge in [-0.1, -0.05) is 0 Å². The summed E-state index contributed by atoms with van der Waals surface area (Å²) in [5.41, 5.74) is 2.70. The van der Waals surface area contributed by atoms with Crippen LogP contribution in [0.25, 0.3) is 0 Å². The molecule has 0 spiro atoms. The number of aliphatic imine (C=N–C) groups is 1. The number of dihydropyridines is 1. The number of hydrogen-bond donors (Lipinski definition) is 1. The third-order valence-corrected chi connectivity index (χ3v) is 2.27. The van der Waals surface area contributed by atoms with E-state index < -0.39 is 0 Å². The van der Waals surface area contributed by atoms with Gasteiger partial charge >= 0.3 is 0 Å². The fraction of sp³-hybridized carbons (Fsp3) is 0.667. The van der Waals surface area contributed by atoms with Crippen LogP contribution in [0, 0.1) is 0 Å². The van der Waals surface area contributed by atoms with Gasteiger partial charge in [-0.25, -0.2) is 0 Å². The Morgan fingerprint density at radius 2 is 2.67 bits per heavy atom. The van der Waals surface area contributed by atoms with Crippen LogP contribution in [0.5, 0.6) is 0 Å². The first kappa shape index (κ1) is 7.80. The molecule has 0 aromatic heterocycles. The lowest BCUT2D eigenvalue weighted by molar-refractivity contribution is 0.0690. The van der Waals surface area contributed by atoms with E-state index in [4.69, 9.17) is 4.74 Å². The van der Waals surface area contributed by atoms with Crippen LogP contribution in [0.4, 0.5) is 0 Å². The summed E-state index contributed by atoms with van der Waals surface area (Å²) < 4.78 is 5.43. The van der Waals surface area contributed by atoms with E-state index >= 15 is 0 Å². The molecule has 12 heavy (non-hydrogen) atoms. The minimum Gasteiger partial charge on any atom is -0.384 e. The van der Waals surface area contributed by atoms with Crippen molar-refractivity contribution in [2.75, 3.05) is 13.2 Å². The van der Waals surface area contributed by atoms with Crippen molar-refractivity contribution in [3.05, 3.63) is 11.3 Å². The summed E-state index contributed by atoms with van der Waals surface area (Å²) in [5.74, 6) is 0. The highest BCUT2D eigenvalue weighted by molar-refractivity contribution is 5.80. The Labute approximate surface area is 72.5 Å². The number of hydrogen-bond acceptors (Lipinski definition) is 3. The van der Waals surface area contributed by atoms with E-state index in [1.165, 1.54) is 11.3 Å². The van der Waals surface area contributed by atoms with Gasteiger partial charge in [0.05, 0.1) is 5.70 Å². The molecule has 0 saturated heterocycles. The first-order valence-electron chi connectivity index (χ1n) is 4.51. The zero-order valence-electron chi connectivity index (χ0n) is 7.34. The van der Waals surface area contributed by atoms with Crippen molar-refractivity contribution < 1.29 is 4.74 Å². The second-order valence-corrected chi connectivity index (χ2v) is 3.09. The fourth-order valence-electron chi connectivity index (χ4n) is 1.67. The van der Waals surface area contributed by atoms with Crippen molar-refractivity contribution in [2.45, 2.75) is 26.0 Å². The van der Waals surface area contributed by atoms with Crippen molar-refractivity contribution in [1.82, 2.24) is 5.32 Å². The van der Waals surface area contributed by atoms with Crippen LogP contribution >= 0.6 is 0 Å². The highest BCUT2D eigenvalue weighted by atomic mass is 16.5.